The van der Waals surface area contributed by atoms with Crippen LogP contribution in [0.2, 0.25) is 0 Å². The molecule has 1 heterocycles. The Balaban J connectivity index is 1.88. The van der Waals surface area contributed by atoms with Crippen molar-refractivity contribution in [1.29, 1.82) is 0 Å². The molecule has 0 radical (unpaired) electrons. The predicted octanol–water partition coefficient (Wildman–Crippen LogP) is 2.04. The van der Waals surface area contributed by atoms with E-state index >= 15 is 0 Å². The van der Waals surface area contributed by atoms with E-state index in [2.05, 4.69) is 4.98 Å². The molecule has 0 aromatic carbocycles. The molecule has 13 heavy (non-hydrogen) atoms. The zero-order valence-electron chi connectivity index (χ0n) is 7.62. The van der Waals surface area contributed by atoms with Gasteiger partial charge >= 0.3 is 0 Å². The van der Waals surface area contributed by atoms with Crippen LogP contribution in [-0.4, -0.2) is 4.98 Å². The number of rotatable bonds is 2. The van der Waals surface area contributed by atoms with E-state index in [9.17, 15) is 0 Å². The largest absolute Gasteiger partial charge is 0.322 e. The van der Waals surface area contributed by atoms with Gasteiger partial charge < -0.3 is 5.73 Å². The molecule has 3 heteroatoms. The normalized spacial score (nSPS) is 23.2. The standard InChI is InChI=1S/C10H14N2S/c11-9(6-4-5-6)10-12-7-2-1-3-8(7)13-10/h6,9H,1-5,11H2. The smallest absolute Gasteiger partial charge is 0.110 e. The van der Waals surface area contributed by atoms with Gasteiger partial charge in [0, 0.05) is 4.88 Å². The van der Waals surface area contributed by atoms with Crippen molar-refractivity contribution in [2.45, 2.75) is 38.1 Å². The lowest BCUT2D eigenvalue weighted by Gasteiger charge is -2.04. The number of nitrogens with two attached hydrogens (primary N) is 1. The summed E-state index contributed by atoms with van der Waals surface area (Å²) < 4.78 is 0. The van der Waals surface area contributed by atoms with Crippen molar-refractivity contribution < 1.29 is 0 Å². The van der Waals surface area contributed by atoms with Crippen LogP contribution in [0.5, 0.6) is 0 Å². The van der Waals surface area contributed by atoms with Crippen molar-refractivity contribution in [3.05, 3.63) is 15.6 Å². The van der Waals surface area contributed by atoms with Gasteiger partial charge in [-0.05, 0) is 38.0 Å². The third kappa shape index (κ3) is 1.30. The molecule has 1 fully saturated rings. The number of aryl methyl sites for hydroxylation is 2. The molecule has 0 bridgehead atoms. The molecule has 0 spiro atoms. The van der Waals surface area contributed by atoms with E-state index in [0.717, 1.165) is 5.92 Å². The SMILES string of the molecule is NC(c1nc2c(s1)CCC2)C1CC1. The second kappa shape index (κ2) is 2.79. The summed E-state index contributed by atoms with van der Waals surface area (Å²) in [6.07, 6.45) is 6.34. The molecule has 70 valence electrons. The maximum Gasteiger partial charge on any atom is 0.110 e. The van der Waals surface area contributed by atoms with Crippen LogP contribution in [0.15, 0.2) is 0 Å². The zero-order chi connectivity index (χ0) is 8.84. The summed E-state index contributed by atoms with van der Waals surface area (Å²) in [5.41, 5.74) is 7.45. The molecule has 1 atom stereocenters. The first kappa shape index (κ1) is 7.94. The summed E-state index contributed by atoms with van der Waals surface area (Å²) >= 11 is 1.86. The van der Waals surface area contributed by atoms with Gasteiger partial charge in [0.15, 0.2) is 0 Å². The second-order valence-electron chi connectivity index (χ2n) is 4.14. The number of thiazole rings is 1. The number of hydrogen-bond donors (Lipinski definition) is 1. The highest BCUT2D eigenvalue weighted by Crippen LogP contribution is 2.41. The van der Waals surface area contributed by atoms with Crippen LogP contribution < -0.4 is 5.73 Å². The highest BCUT2D eigenvalue weighted by Gasteiger charge is 2.32. The molecule has 3 rings (SSSR count). The Bertz CT molecular complexity index is 306. The van der Waals surface area contributed by atoms with Crippen molar-refractivity contribution in [3.8, 4) is 0 Å². The Labute approximate surface area is 82.2 Å². The maximum atomic E-state index is 6.11. The molecule has 1 aromatic heterocycles. The molecular weight excluding hydrogens is 180 g/mol. The Morgan fingerprint density at radius 2 is 2.23 bits per heavy atom. The summed E-state index contributed by atoms with van der Waals surface area (Å²) in [6, 6.07) is 0.246. The van der Waals surface area contributed by atoms with Gasteiger partial charge in [0.2, 0.25) is 0 Å². The van der Waals surface area contributed by atoms with Gasteiger partial charge in [0.05, 0.1) is 11.7 Å². The lowest BCUT2D eigenvalue weighted by Crippen LogP contribution is -2.11. The van der Waals surface area contributed by atoms with Gasteiger partial charge in [-0.15, -0.1) is 11.3 Å². The number of hydrogen-bond acceptors (Lipinski definition) is 3. The molecule has 0 saturated heterocycles. The number of nitrogens with zero attached hydrogens (tertiary/aromatic N) is 1. The average Bonchev–Trinajstić information content (AvgIpc) is 2.73. The molecule has 0 aliphatic heterocycles. The third-order valence-electron chi connectivity index (χ3n) is 3.03. The fourth-order valence-corrected chi connectivity index (χ4v) is 3.26. The summed E-state index contributed by atoms with van der Waals surface area (Å²) in [5.74, 6) is 0.742. The maximum absolute atomic E-state index is 6.11. The van der Waals surface area contributed by atoms with Crippen LogP contribution in [0.25, 0.3) is 0 Å². The lowest BCUT2D eigenvalue weighted by molar-refractivity contribution is 0.626. The van der Waals surface area contributed by atoms with Crippen LogP contribution in [0.3, 0.4) is 0 Å². The molecule has 0 amide bonds. The summed E-state index contributed by atoms with van der Waals surface area (Å²) in [5, 5.41) is 1.20. The van der Waals surface area contributed by atoms with Gasteiger partial charge in [-0.25, -0.2) is 4.98 Å². The highest BCUT2D eigenvalue weighted by atomic mass is 32.1. The topological polar surface area (TPSA) is 38.9 Å². The molecule has 2 nitrogen and oxygen atoms in total. The third-order valence-corrected chi connectivity index (χ3v) is 4.29. The van der Waals surface area contributed by atoms with Crippen LogP contribution in [0.4, 0.5) is 0 Å². The summed E-state index contributed by atoms with van der Waals surface area (Å²) in [6.45, 7) is 0. The highest BCUT2D eigenvalue weighted by molar-refractivity contribution is 7.11. The van der Waals surface area contributed by atoms with E-state index in [1.165, 1.54) is 47.7 Å². The first-order valence-electron chi connectivity index (χ1n) is 5.08. The monoisotopic (exact) mass is 194 g/mol. The molecule has 2 aliphatic carbocycles. The van der Waals surface area contributed by atoms with Gasteiger partial charge in [-0.2, -0.15) is 0 Å². The quantitative estimate of drug-likeness (QED) is 0.782. The molecule has 1 saturated carbocycles. The van der Waals surface area contributed by atoms with E-state index in [4.69, 9.17) is 5.73 Å². The Hall–Kier alpha value is -0.410. The van der Waals surface area contributed by atoms with Crippen LogP contribution in [0, 0.1) is 5.92 Å². The van der Waals surface area contributed by atoms with Crippen LogP contribution in [-0.2, 0) is 12.8 Å². The van der Waals surface area contributed by atoms with Crippen LogP contribution >= 0.6 is 11.3 Å². The first-order chi connectivity index (χ1) is 6.34. The summed E-state index contributed by atoms with van der Waals surface area (Å²) in [7, 11) is 0. The Morgan fingerprint density at radius 3 is 2.92 bits per heavy atom. The van der Waals surface area contributed by atoms with Crippen molar-refractivity contribution in [2.24, 2.45) is 11.7 Å². The fraction of sp³-hybridized carbons (Fsp3) is 0.700. The zero-order valence-corrected chi connectivity index (χ0v) is 8.44. The number of aromatic nitrogens is 1. The van der Waals surface area contributed by atoms with Crippen LogP contribution in [0.1, 0.15) is 40.9 Å². The molecule has 2 N–H and O–H groups in total. The van der Waals surface area contributed by atoms with E-state index in [0.29, 0.717) is 0 Å². The van der Waals surface area contributed by atoms with E-state index in [1.807, 2.05) is 11.3 Å². The Morgan fingerprint density at radius 1 is 1.38 bits per heavy atom. The minimum atomic E-state index is 0.246. The molecular formula is C10H14N2S. The second-order valence-corrected chi connectivity index (χ2v) is 5.25. The molecule has 2 aliphatic rings. The first-order valence-corrected chi connectivity index (χ1v) is 5.90. The van der Waals surface area contributed by atoms with Gasteiger partial charge in [-0.1, -0.05) is 0 Å². The predicted molar refractivity (Wildman–Crippen MR) is 53.8 cm³/mol. The summed E-state index contributed by atoms with van der Waals surface area (Å²) in [4.78, 5) is 6.15. The van der Waals surface area contributed by atoms with E-state index < -0.39 is 0 Å². The average molecular weight is 194 g/mol. The Kier molecular flexibility index (Phi) is 1.70. The van der Waals surface area contributed by atoms with Gasteiger partial charge in [0.25, 0.3) is 0 Å². The van der Waals surface area contributed by atoms with Crippen molar-refractivity contribution in [1.82, 2.24) is 4.98 Å². The molecule has 1 unspecified atom stereocenters. The van der Waals surface area contributed by atoms with Gasteiger partial charge in [0.1, 0.15) is 5.01 Å². The van der Waals surface area contributed by atoms with E-state index in [-0.39, 0.29) is 6.04 Å². The number of fused-ring (bicyclic) bond motifs is 1. The minimum absolute atomic E-state index is 0.246. The lowest BCUT2D eigenvalue weighted by atomic mass is 10.2. The minimum Gasteiger partial charge on any atom is -0.322 e. The fourth-order valence-electron chi connectivity index (χ4n) is 2.01. The molecule has 1 aromatic rings. The van der Waals surface area contributed by atoms with Crippen molar-refractivity contribution in [2.75, 3.05) is 0 Å². The van der Waals surface area contributed by atoms with Crippen molar-refractivity contribution >= 4 is 11.3 Å². The van der Waals surface area contributed by atoms with Crippen molar-refractivity contribution in [3.63, 3.8) is 0 Å². The van der Waals surface area contributed by atoms with E-state index in [1.54, 1.807) is 0 Å². The van der Waals surface area contributed by atoms with Gasteiger partial charge in [-0.3, -0.25) is 0 Å².